The Morgan fingerprint density at radius 2 is 1.91 bits per heavy atom. The fraction of sp³-hybridized carbons (Fsp3) is 0.115. The molecule has 0 radical (unpaired) electrons. The second-order valence-corrected chi connectivity index (χ2v) is 7.06. The zero-order valence-corrected chi connectivity index (χ0v) is 18.0. The van der Waals surface area contributed by atoms with Gasteiger partial charge in [-0.15, -0.1) is 6.58 Å². The summed E-state index contributed by atoms with van der Waals surface area (Å²) in [5.41, 5.74) is 2.67. The number of nitrogens with zero attached hydrogens (tertiary/aromatic N) is 2. The Morgan fingerprint density at radius 3 is 2.52 bits per heavy atom. The highest BCUT2D eigenvalue weighted by Gasteiger charge is 2.14. The Bertz CT molecular complexity index is 1240. The lowest BCUT2D eigenvalue weighted by molar-refractivity contribution is -0.384. The molecule has 0 saturated heterocycles. The number of ether oxygens (including phenoxy) is 2. The van der Waals surface area contributed by atoms with Gasteiger partial charge < -0.3 is 9.47 Å². The third-order valence-corrected chi connectivity index (χ3v) is 4.89. The second kappa shape index (κ2) is 10.7. The molecule has 33 heavy (non-hydrogen) atoms. The molecule has 7 heteroatoms. The van der Waals surface area contributed by atoms with Crippen LogP contribution in [0.25, 0.3) is 11.6 Å². The Kier molecular flexibility index (Phi) is 7.55. The van der Waals surface area contributed by atoms with Crippen LogP contribution < -0.4 is 9.47 Å². The van der Waals surface area contributed by atoms with E-state index >= 15 is 0 Å². The Labute approximate surface area is 191 Å². The van der Waals surface area contributed by atoms with Crippen LogP contribution in [0.4, 0.5) is 10.1 Å². The van der Waals surface area contributed by atoms with Crippen LogP contribution in [-0.2, 0) is 13.0 Å². The summed E-state index contributed by atoms with van der Waals surface area (Å²) in [5, 5.41) is 20.5. The Morgan fingerprint density at radius 1 is 1.18 bits per heavy atom. The van der Waals surface area contributed by atoms with Crippen LogP contribution in [0.2, 0.25) is 0 Å². The molecule has 0 aliphatic rings. The fourth-order valence-electron chi connectivity index (χ4n) is 3.26. The van der Waals surface area contributed by atoms with E-state index in [1.165, 1.54) is 37.4 Å². The molecule has 0 fully saturated rings. The first-order valence-electron chi connectivity index (χ1n) is 10.0. The number of non-ortho nitro benzene ring substituents is 1. The highest BCUT2D eigenvalue weighted by Crippen LogP contribution is 2.35. The average Bonchev–Trinajstić information content (AvgIpc) is 2.82. The van der Waals surface area contributed by atoms with Crippen molar-refractivity contribution in [3.63, 3.8) is 0 Å². The summed E-state index contributed by atoms with van der Waals surface area (Å²) in [7, 11) is 1.50. The molecule has 0 aromatic heterocycles. The molecule has 0 spiro atoms. The van der Waals surface area contributed by atoms with Gasteiger partial charge in [0.05, 0.1) is 23.7 Å². The highest BCUT2D eigenvalue weighted by molar-refractivity contribution is 5.90. The Hall–Kier alpha value is -4.44. The van der Waals surface area contributed by atoms with Crippen molar-refractivity contribution >= 4 is 17.3 Å². The standard InChI is InChI=1S/C26H21FN2O4/c1-3-6-20-13-18(14-22(16-28)19-9-11-23(12-10-19)29(30)31)15-25(32-2)26(20)33-17-21-7-4-5-8-24(21)27/h3-5,7-15H,1,6,17H2,2H3/b22-14+. The molecule has 0 saturated carbocycles. The van der Waals surface area contributed by atoms with Gasteiger partial charge in [-0.3, -0.25) is 10.1 Å². The lowest BCUT2D eigenvalue weighted by Gasteiger charge is -2.16. The summed E-state index contributed by atoms with van der Waals surface area (Å²) in [6.07, 6.45) is 3.83. The number of methoxy groups -OCH3 is 1. The molecule has 0 amide bonds. The summed E-state index contributed by atoms with van der Waals surface area (Å²) >= 11 is 0. The van der Waals surface area contributed by atoms with Gasteiger partial charge in [-0.2, -0.15) is 5.26 Å². The van der Waals surface area contributed by atoms with E-state index in [1.54, 1.807) is 36.4 Å². The number of hydrogen-bond acceptors (Lipinski definition) is 5. The third-order valence-electron chi connectivity index (χ3n) is 4.89. The number of halogens is 1. The SMILES string of the molecule is C=CCc1cc(/C=C(\C#N)c2ccc([N+](=O)[O-])cc2)cc(OC)c1OCc1ccccc1F. The van der Waals surface area contributed by atoms with E-state index in [1.807, 2.05) is 6.07 Å². The van der Waals surface area contributed by atoms with E-state index in [-0.39, 0.29) is 18.1 Å². The molecule has 0 unspecified atom stereocenters. The molecule has 6 nitrogen and oxygen atoms in total. The van der Waals surface area contributed by atoms with Crippen molar-refractivity contribution in [2.75, 3.05) is 7.11 Å². The van der Waals surface area contributed by atoms with E-state index in [0.717, 1.165) is 5.56 Å². The molecule has 0 heterocycles. The van der Waals surface area contributed by atoms with Crippen molar-refractivity contribution in [2.45, 2.75) is 13.0 Å². The summed E-state index contributed by atoms with van der Waals surface area (Å²) < 4.78 is 25.4. The smallest absolute Gasteiger partial charge is 0.269 e. The molecule has 0 aliphatic heterocycles. The van der Waals surface area contributed by atoms with Crippen molar-refractivity contribution in [3.05, 3.63) is 112 Å². The van der Waals surface area contributed by atoms with Crippen molar-refractivity contribution in [2.24, 2.45) is 0 Å². The van der Waals surface area contributed by atoms with Crippen LogP contribution in [0.5, 0.6) is 11.5 Å². The van der Waals surface area contributed by atoms with E-state index in [4.69, 9.17) is 9.47 Å². The monoisotopic (exact) mass is 444 g/mol. The first-order chi connectivity index (χ1) is 16.0. The quantitative estimate of drug-likeness (QED) is 0.131. The maximum atomic E-state index is 14.0. The van der Waals surface area contributed by atoms with Crippen LogP contribution in [0.15, 0.2) is 73.3 Å². The number of nitriles is 1. The zero-order chi connectivity index (χ0) is 23.8. The molecule has 166 valence electrons. The van der Waals surface area contributed by atoms with Gasteiger partial charge in [0.1, 0.15) is 12.4 Å². The fourth-order valence-corrected chi connectivity index (χ4v) is 3.26. The third kappa shape index (κ3) is 5.63. The maximum absolute atomic E-state index is 14.0. The van der Waals surface area contributed by atoms with Crippen LogP contribution in [0.1, 0.15) is 22.3 Å². The second-order valence-electron chi connectivity index (χ2n) is 7.06. The Balaban J connectivity index is 1.98. The van der Waals surface area contributed by atoms with Gasteiger partial charge in [0.25, 0.3) is 5.69 Å². The minimum absolute atomic E-state index is 0.0224. The zero-order valence-electron chi connectivity index (χ0n) is 18.0. The average molecular weight is 444 g/mol. The van der Waals surface area contributed by atoms with Gasteiger partial charge in [0.2, 0.25) is 0 Å². The van der Waals surface area contributed by atoms with Gasteiger partial charge in [-0.25, -0.2) is 4.39 Å². The molecular formula is C26H21FN2O4. The van der Waals surface area contributed by atoms with E-state index in [0.29, 0.717) is 40.2 Å². The molecule has 0 aliphatic carbocycles. The normalized spacial score (nSPS) is 10.9. The first-order valence-corrected chi connectivity index (χ1v) is 10.0. The van der Waals surface area contributed by atoms with Crippen molar-refractivity contribution < 1.29 is 18.8 Å². The molecule has 0 atom stereocenters. The number of benzene rings is 3. The molecule has 0 bridgehead atoms. The highest BCUT2D eigenvalue weighted by atomic mass is 19.1. The van der Waals surface area contributed by atoms with Crippen LogP contribution in [-0.4, -0.2) is 12.0 Å². The molecular weight excluding hydrogens is 423 g/mol. The minimum Gasteiger partial charge on any atom is -0.493 e. The van der Waals surface area contributed by atoms with Gasteiger partial charge in [0.15, 0.2) is 11.5 Å². The molecule has 3 rings (SSSR count). The number of allylic oxidation sites excluding steroid dienone is 2. The van der Waals surface area contributed by atoms with E-state index in [9.17, 15) is 19.8 Å². The molecule has 3 aromatic rings. The van der Waals surface area contributed by atoms with Crippen LogP contribution >= 0.6 is 0 Å². The molecule has 0 N–H and O–H groups in total. The lowest BCUT2D eigenvalue weighted by Crippen LogP contribution is -2.03. The predicted molar refractivity (Wildman–Crippen MR) is 124 cm³/mol. The van der Waals surface area contributed by atoms with Gasteiger partial charge >= 0.3 is 0 Å². The van der Waals surface area contributed by atoms with Crippen molar-refractivity contribution in [3.8, 4) is 17.6 Å². The topological polar surface area (TPSA) is 85.4 Å². The van der Waals surface area contributed by atoms with Gasteiger partial charge in [-0.05, 0) is 54.0 Å². The maximum Gasteiger partial charge on any atom is 0.269 e. The van der Waals surface area contributed by atoms with Gasteiger partial charge in [0, 0.05) is 23.3 Å². The van der Waals surface area contributed by atoms with E-state index < -0.39 is 4.92 Å². The summed E-state index contributed by atoms with van der Waals surface area (Å²) in [6.45, 7) is 3.81. The van der Waals surface area contributed by atoms with Crippen molar-refractivity contribution in [1.29, 1.82) is 5.26 Å². The summed E-state index contributed by atoms with van der Waals surface area (Å²) in [4.78, 5) is 10.4. The predicted octanol–water partition coefficient (Wildman–Crippen LogP) is 6.11. The lowest BCUT2D eigenvalue weighted by atomic mass is 10.0. The van der Waals surface area contributed by atoms with Gasteiger partial charge in [-0.1, -0.05) is 24.3 Å². The minimum atomic E-state index is -0.494. The van der Waals surface area contributed by atoms with E-state index in [2.05, 4.69) is 12.6 Å². The van der Waals surface area contributed by atoms with Crippen LogP contribution in [0.3, 0.4) is 0 Å². The number of rotatable bonds is 9. The molecule has 3 aromatic carbocycles. The largest absolute Gasteiger partial charge is 0.493 e. The van der Waals surface area contributed by atoms with Crippen molar-refractivity contribution in [1.82, 2.24) is 0 Å². The number of nitro benzene ring substituents is 1. The first kappa shape index (κ1) is 23.2. The number of nitro groups is 1. The van der Waals surface area contributed by atoms with Crippen LogP contribution in [0, 0.1) is 27.3 Å². The summed E-state index contributed by atoms with van der Waals surface area (Å²) in [6, 6.07) is 17.8. The summed E-state index contributed by atoms with van der Waals surface area (Å²) in [5.74, 6) is 0.535. The number of hydrogen-bond donors (Lipinski definition) is 0.